The Morgan fingerprint density at radius 3 is 2.71 bits per heavy atom. The van der Waals surface area contributed by atoms with Gasteiger partial charge in [-0.2, -0.15) is 0 Å². The van der Waals surface area contributed by atoms with E-state index in [1.54, 1.807) is 59.2 Å². The number of thioether (sulfide) groups is 1. The minimum atomic E-state index is -0.433. The van der Waals surface area contributed by atoms with Gasteiger partial charge in [-0.3, -0.25) is 24.6 Å². The smallest absolute Gasteiger partial charge is 0.272 e. The third-order valence-electron chi connectivity index (χ3n) is 5.55. The van der Waals surface area contributed by atoms with Gasteiger partial charge in [0.1, 0.15) is 0 Å². The van der Waals surface area contributed by atoms with E-state index in [4.69, 9.17) is 4.74 Å². The van der Waals surface area contributed by atoms with Gasteiger partial charge in [-0.25, -0.2) is 4.99 Å². The van der Waals surface area contributed by atoms with Crippen molar-refractivity contribution in [1.82, 2.24) is 9.80 Å². The molecule has 0 aromatic heterocycles. The average molecular weight is 481 g/mol. The van der Waals surface area contributed by atoms with E-state index in [0.717, 1.165) is 0 Å². The maximum absolute atomic E-state index is 13.0. The van der Waals surface area contributed by atoms with Crippen molar-refractivity contribution in [3.8, 4) is 0 Å². The van der Waals surface area contributed by atoms with E-state index in [9.17, 15) is 19.7 Å². The lowest BCUT2D eigenvalue weighted by molar-refractivity contribution is -0.385. The number of carbonyl (C=O) groups excluding carboxylic acids is 2. The summed E-state index contributed by atoms with van der Waals surface area (Å²) < 4.78 is 5.31. The van der Waals surface area contributed by atoms with E-state index < -0.39 is 4.92 Å². The molecule has 2 aliphatic rings. The summed E-state index contributed by atoms with van der Waals surface area (Å²) in [5, 5.41) is 11.8. The van der Waals surface area contributed by atoms with Crippen molar-refractivity contribution in [3.63, 3.8) is 0 Å². The highest BCUT2D eigenvalue weighted by Crippen LogP contribution is 2.34. The van der Waals surface area contributed by atoms with Gasteiger partial charge in [0.15, 0.2) is 5.17 Å². The van der Waals surface area contributed by atoms with Crippen molar-refractivity contribution in [3.05, 3.63) is 74.2 Å². The van der Waals surface area contributed by atoms with Crippen LogP contribution in [-0.4, -0.2) is 64.6 Å². The van der Waals surface area contributed by atoms with E-state index in [-0.39, 0.29) is 17.5 Å². The number of hydrogen-bond acceptors (Lipinski definition) is 7. The van der Waals surface area contributed by atoms with Gasteiger partial charge in [0.05, 0.1) is 28.7 Å². The van der Waals surface area contributed by atoms with Crippen LogP contribution >= 0.6 is 11.8 Å². The van der Waals surface area contributed by atoms with Crippen LogP contribution in [0, 0.1) is 17.0 Å². The molecule has 34 heavy (non-hydrogen) atoms. The average Bonchev–Trinajstić information content (AvgIpc) is 3.13. The lowest BCUT2D eigenvalue weighted by atomic mass is 10.1. The molecule has 0 atom stereocenters. The molecular weight excluding hydrogens is 456 g/mol. The molecule has 2 aliphatic heterocycles. The second-order valence-electron chi connectivity index (χ2n) is 7.81. The number of rotatable bonds is 5. The van der Waals surface area contributed by atoms with E-state index in [1.165, 1.54) is 17.8 Å². The van der Waals surface area contributed by atoms with Gasteiger partial charge in [0.2, 0.25) is 0 Å². The predicted octanol–water partition coefficient (Wildman–Crippen LogP) is 4.00. The van der Waals surface area contributed by atoms with Crippen molar-refractivity contribution in [2.45, 2.75) is 13.8 Å². The fraction of sp³-hybridized carbons (Fsp3) is 0.292. The van der Waals surface area contributed by atoms with Gasteiger partial charge >= 0.3 is 0 Å². The van der Waals surface area contributed by atoms with Crippen molar-refractivity contribution in [1.29, 1.82) is 0 Å². The quantitative estimate of drug-likeness (QED) is 0.364. The molecule has 2 aromatic rings. The minimum absolute atomic E-state index is 0.00721. The molecule has 176 valence electrons. The summed E-state index contributed by atoms with van der Waals surface area (Å²) in [6.07, 6.45) is 1.64. The lowest BCUT2D eigenvalue weighted by Crippen LogP contribution is -2.40. The summed E-state index contributed by atoms with van der Waals surface area (Å²) in [6, 6.07) is 11.9. The molecule has 2 aromatic carbocycles. The first-order valence-corrected chi connectivity index (χ1v) is 11.7. The Balaban J connectivity index is 1.60. The van der Waals surface area contributed by atoms with Crippen LogP contribution in [-0.2, 0) is 9.53 Å². The zero-order valence-electron chi connectivity index (χ0n) is 18.9. The number of likely N-dealkylation sites (N-methyl/N-ethyl adjacent to an activating group) is 1. The molecule has 0 N–H and O–H groups in total. The molecular formula is C24H24N4O5S. The first-order valence-electron chi connectivity index (χ1n) is 10.9. The van der Waals surface area contributed by atoms with E-state index in [0.29, 0.717) is 65.3 Å². The third-order valence-corrected chi connectivity index (χ3v) is 6.55. The Bertz CT molecular complexity index is 1200. The molecule has 9 nitrogen and oxygen atoms in total. The number of amidine groups is 1. The molecule has 2 fully saturated rings. The number of amides is 2. The highest BCUT2D eigenvalue weighted by Gasteiger charge is 2.32. The number of hydrogen-bond donors (Lipinski definition) is 0. The number of aliphatic imine (C=N–C) groups is 1. The zero-order valence-corrected chi connectivity index (χ0v) is 19.7. The van der Waals surface area contributed by atoms with Crippen LogP contribution in [0.1, 0.15) is 28.4 Å². The molecule has 2 saturated heterocycles. The normalized spacial score (nSPS) is 18.7. The van der Waals surface area contributed by atoms with E-state index in [1.807, 2.05) is 6.92 Å². The highest BCUT2D eigenvalue weighted by atomic mass is 32.2. The third kappa shape index (κ3) is 5.02. The van der Waals surface area contributed by atoms with E-state index in [2.05, 4.69) is 4.99 Å². The second-order valence-corrected chi connectivity index (χ2v) is 8.82. The summed E-state index contributed by atoms with van der Waals surface area (Å²) in [6.45, 7) is 6.10. The number of aryl methyl sites for hydroxylation is 1. The molecule has 0 aliphatic carbocycles. The van der Waals surface area contributed by atoms with Crippen molar-refractivity contribution >= 4 is 46.2 Å². The predicted molar refractivity (Wildman–Crippen MR) is 131 cm³/mol. The number of nitro benzene ring substituents is 1. The number of carbonyl (C=O) groups is 2. The molecule has 0 radical (unpaired) electrons. The van der Waals surface area contributed by atoms with Crippen LogP contribution in [0.15, 0.2) is 52.4 Å². The molecule has 0 bridgehead atoms. The van der Waals surface area contributed by atoms with Crippen LogP contribution < -0.4 is 0 Å². The Morgan fingerprint density at radius 2 is 2.00 bits per heavy atom. The number of nitrogens with zero attached hydrogens (tertiary/aromatic N) is 4. The molecule has 0 saturated carbocycles. The molecule has 0 unspecified atom stereocenters. The Hall–Kier alpha value is -3.50. The van der Waals surface area contributed by atoms with Crippen LogP contribution in [0.2, 0.25) is 0 Å². The molecule has 4 rings (SSSR count). The van der Waals surface area contributed by atoms with Gasteiger partial charge in [0, 0.05) is 36.8 Å². The van der Waals surface area contributed by atoms with Crippen molar-refractivity contribution in [2.75, 3.05) is 32.8 Å². The fourth-order valence-electron chi connectivity index (χ4n) is 3.70. The second kappa shape index (κ2) is 10.2. The molecule has 0 spiro atoms. The van der Waals surface area contributed by atoms with E-state index >= 15 is 0 Å². The number of ether oxygens (including phenoxy) is 1. The largest absolute Gasteiger partial charge is 0.378 e. The summed E-state index contributed by atoms with van der Waals surface area (Å²) in [5.41, 5.74) is 2.24. The van der Waals surface area contributed by atoms with Crippen LogP contribution in [0.3, 0.4) is 0 Å². The monoisotopic (exact) mass is 480 g/mol. The molecule has 2 heterocycles. The summed E-state index contributed by atoms with van der Waals surface area (Å²) in [7, 11) is 0. The van der Waals surface area contributed by atoms with Gasteiger partial charge in [0.25, 0.3) is 17.5 Å². The molecule has 10 heteroatoms. The highest BCUT2D eigenvalue weighted by molar-refractivity contribution is 8.18. The number of benzene rings is 2. The lowest BCUT2D eigenvalue weighted by Gasteiger charge is -2.26. The zero-order chi connectivity index (χ0) is 24.2. The van der Waals surface area contributed by atoms with Gasteiger partial charge in [-0.15, -0.1) is 0 Å². The number of morpholine rings is 1. The number of nitro groups is 1. The summed E-state index contributed by atoms with van der Waals surface area (Å²) in [4.78, 5) is 45.0. The van der Waals surface area contributed by atoms with Crippen LogP contribution in [0.5, 0.6) is 0 Å². The fourth-order valence-corrected chi connectivity index (χ4v) is 4.76. The van der Waals surface area contributed by atoms with Crippen LogP contribution in [0.25, 0.3) is 6.08 Å². The maximum atomic E-state index is 13.0. The minimum Gasteiger partial charge on any atom is -0.378 e. The summed E-state index contributed by atoms with van der Waals surface area (Å²) in [5.74, 6) is -0.288. The van der Waals surface area contributed by atoms with Crippen molar-refractivity contribution < 1.29 is 19.2 Å². The Morgan fingerprint density at radius 1 is 1.24 bits per heavy atom. The first kappa shape index (κ1) is 23.7. The van der Waals surface area contributed by atoms with Gasteiger partial charge in [-0.1, -0.05) is 18.2 Å². The topological polar surface area (TPSA) is 105 Å². The summed E-state index contributed by atoms with van der Waals surface area (Å²) >= 11 is 1.21. The van der Waals surface area contributed by atoms with Gasteiger partial charge in [-0.05, 0) is 55.4 Å². The first-order chi connectivity index (χ1) is 16.4. The maximum Gasteiger partial charge on any atom is 0.272 e. The van der Waals surface area contributed by atoms with Crippen molar-refractivity contribution in [2.24, 2.45) is 4.99 Å². The standard InChI is InChI=1S/C24H24N4O5S/c1-3-27-23(30)21(14-17-8-7-16(2)20(13-17)28(31)32)34-24(27)25-19-6-4-5-18(15-19)22(29)26-9-11-33-12-10-26/h4-8,13-15H,3,9-12H2,1-2H3/b21-14+,25-24?. The SMILES string of the molecule is CCN1C(=O)/C(=C\c2ccc(C)c([N+](=O)[O-])c2)SC1=Nc1cccc(C(=O)N2CCOCC2)c1. The Kier molecular flexibility index (Phi) is 7.09. The molecule has 2 amide bonds. The van der Waals surface area contributed by atoms with Crippen LogP contribution in [0.4, 0.5) is 11.4 Å². The Labute approximate surface area is 201 Å². The van der Waals surface area contributed by atoms with Gasteiger partial charge < -0.3 is 9.64 Å².